The Morgan fingerprint density at radius 1 is 1.19 bits per heavy atom. The highest BCUT2D eigenvalue weighted by molar-refractivity contribution is 5.94. The summed E-state index contributed by atoms with van der Waals surface area (Å²) in [7, 11) is 1.72. The zero-order chi connectivity index (χ0) is 11.4. The normalized spacial score (nSPS) is 36.2. The van der Waals surface area contributed by atoms with Gasteiger partial charge in [-0.1, -0.05) is 24.3 Å². The number of fused-ring (bicyclic) bond motifs is 2. The number of Topliss-reactive ketones (excluding diaryl/α,β-unsaturated/α-hetero) is 1. The lowest BCUT2D eigenvalue weighted by molar-refractivity contribution is -0.143. The molecule has 0 heterocycles. The molecule has 1 aromatic carbocycles. The van der Waals surface area contributed by atoms with Crippen LogP contribution in [0.25, 0.3) is 0 Å². The van der Waals surface area contributed by atoms with Gasteiger partial charge in [0.1, 0.15) is 5.78 Å². The summed E-state index contributed by atoms with van der Waals surface area (Å²) in [4.78, 5) is 12.2. The molecule has 1 aromatic rings. The van der Waals surface area contributed by atoms with Crippen molar-refractivity contribution in [2.75, 3.05) is 7.11 Å². The van der Waals surface area contributed by atoms with Crippen LogP contribution in [0.15, 0.2) is 24.3 Å². The second-order valence-corrected chi connectivity index (χ2v) is 5.18. The van der Waals surface area contributed by atoms with Gasteiger partial charge in [0.15, 0.2) is 0 Å². The molecule has 0 aliphatic heterocycles. The maximum absolute atomic E-state index is 12.2. The van der Waals surface area contributed by atoms with E-state index in [2.05, 4.69) is 19.1 Å². The van der Waals surface area contributed by atoms with Crippen molar-refractivity contribution < 1.29 is 9.53 Å². The molecule has 0 amide bonds. The Hall–Kier alpha value is -1.15. The molecule has 4 rings (SSSR count). The van der Waals surface area contributed by atoms with Crippen molar-refractivity contribution >= 4 is 5.78 Å². The van der Waals surface area contributed by atoms with E-state index < -0.39 is 0 Å². The summed E-state index contributed by atoms with van der Waals surface area (Å²) in [6.07, 6.45) is 2.41. The maximum Gasteiger partial charge on any atom is 0.146 e. The van der Waals surface area contributed by atoms with Gasteiger partial charge in [-0.2, -0.15) is 0 Å². The van der Waals surface area contributed by atoms with Gasteiger partial charge in [-0.05, 0) is 30.9 Å². The predicted molar refractivity (Wildman–Crippen MR) is 61.3 cm³/mol. The molecule has 16 heavy (non-hydrogen) atoms. The summed E-state index contributed by atoms with van der Waals surface area (Å²) >= 11 is 0. The Bertz CT molecular complexity index is 466. The molecule has 0 aromatic heterocycles. The Morgan fingerprint density at radius 2 is 1.88 bits per heavy atom. The molecule has 0 saturated heterocycles. The van der Waals surface area contributed by atoms with Crippen molar-refractivity contribution in [2.24, 2.45) is 0 Å². The fourth-order valence-corrected chi connectivity index (χ4v) is 3.29. The van der Waals surface area contributed by atoms with Crippen molar-refractivity contribution in [3.8, 4) is 0 Å². The quantitative estimate of drug-likeness (QED) is 0.721. The van der Waals surface area contributed by atoms with E-state index in [1.807, 2.05) is 12.1 Å². The minimum atomic E-state index is -0.342. The van der Waals surface area contributed by atoms with E-state index in [4.69, 9.17) is 4.74 Å². The van der Waals surface area contributed by atoms with E-state index in [0.717, 1.165) is 12.8 Å². The molecule has 3 aliphatic carbocycles. The minimum Gasteiger partial charge on any atom is -0.373 e. The van der Waals surface area contributed by atoms with Gasteiger partial charge in [0, 0.05) is 13.5 Å². The summed E-state index contributed by atoms with van der Waals surface area (Å²) in [6, 6.07) is 8.25. The van der Waals surface area contributed by atoms with Gasteiger partial charge in [0.25, 0.3) is 0 Å². The Morgan fingerprint density at radius 3 is 2.50 bits per heavy atom. The number of carbonyl (C=O) groups is 1. The van der Waals surface area contributed by atoms with Crippen molar-refractivity contribution in [1.82, 2.24) is 0 Å². The third-order valence-electron chi connectivity index (χ3n) is 4.49. The van der Waals surface area contributed by atoms with Crippen LogP contribution in [0.1, 0.15) is 37.3 Å². The van der Waals surface area contributed by atoms with E-state index in [1.165, 1.54) is 11.1 Å². The Labute approximate surface area is 95.6 Å². The van der Waals surface area contributed by atoms with Gasteiger partial charge in [-0.25, -0.2) is 0 Å². The molecule has 2 unspecified atom stereocenters. The number of ether oxygens (including phenoxy) is 1. The first kappa shape index (κ1) is 10.0. The molecule has 0 spiro atoms. The summed E-state index contributed by atoms with van der Waals surface area (Å²) in [5.74, 6) is 0.333. The van der Waals surface area contributed by atoms with Gasteiger partial charge in [0.05, 0.1) is 11.0 Å². The number of hydrogen-bond acceptors (Lipinski definition) is 2. The molecule has 2 atom stereocenters. The summed E-state index contributed by atoms with van der Waals surface area (Å²) in [6.45, 7) is 2.08. The topological polar surface area (TPSA) is 26.3 Å². The molecule has 1 fully saturated rings. The van der Waals surface area contributed by atoms with Crippen LogP contribution < -0.4 is 0 Å². The van der Waals surface area contributed by atoms with Crippen LogP contribution in [0.3, 0.4) is 0 Å². The third kappa shape index (κ3) is 0.983. The zero-order valence-corrected chi connectivity index (χ0v) is 9.75. The minimum absolute atomic E-state index is 0.267. The van der Waals surface area contributed by atoms with Crippen LogP contribution >= 0.6 is 0 Å². The first-order valence-corrected chi connectivity index (χ1v) is 5.81. The zero-order valence-electron chi connectivity index (χ0n) is 9.75. The number of hydrogen-bond donors (Lipinski definition) is 0. The number of methoxy groups -OCH3 is 1. The average Bonchev–Trinajstić information content (AvgIpc) is 2.32. The highest BCUT2D eigenvalue weighted by Gasteiger charge is 2.55. The lowest BCUT2D eigenvalue weighted by Gasteiger charge is -2.51. The number of ketones is 1. The van der Waals surface area contributed by atoms with Crippen molar-refractivity contribution in [1.29, 1.82) is 0 Å². The predicted octanol–water partition coefficient (Wildman–Crippen LogP) is 2.55. The molecule has 0 N–H and O–H groups in total. The van der Waals surface area contributed by atoms with Gasteiger partial charge in [-0.15, -0.1) is 0 Å². The monoisotopic (exact) mass is 216 g/mol. The largest absolute Gasteiger partial charge is 0.373 e. The molecular weight excluding hydrogens is 200 g/mol. The summed E-state index contributed by atoms with van der Waals surface area (Å²) < 4.78 is 5.69. The van der Waals surface area contributed by atoms with Crippen LogP contribution in [0.5, 0.6) is 0 Å². The molecule has 1 saturated carbocycles. The highest BCUT2D eigenvalue weighted by atomic mass is 16.5. The fraction of sp³-hybridized carbons (Fsp3) is 0.500. The van der Waals surface area contributed by atoms with Crippen LogP contribution in [0.4, 0.5) is 0 Å². The molecule has 2 bridgehead atoms. The molecule has 3 aliphatic rings. The second-order valence-electron chi connectivity index (χ2n) is 5.18. The van der Waals surface area contributed by atoms with E-state index in [0.29, 0.717) is 12.2 Å². The highest BCUT2D eigenvalue weighted by Crippen LogP contribution is 2.54. The number of benzene rings is 1. The first-order chi connectivity index (χ1) is 7.62. The van der Waals surface area contributed by atoms with Gasteiger partial charge in [-0.3, -0.25) is 4.79 Å². The Kier molecular flexibility index (Phi) is 1.85. The van der Waals surface area contributed by atoms with E-state index in [-0.39, 0.29) is 11.0 Å². The molecule has 2 heteroatoms. The van der Waals surface area contributed by atoms with Crippen molar-refractivity contribution in [3.63, 3.8) is 0 Å². The second kappa shape index (κ2) is 2.95. The number of carbonyl (C=O) groups excluding carboxylic acids is 1. The van der Waals surface area contributed by atoms with Crippen LogP contribution in [-0.2, 0) is 20.5 Å². The van der Waals surface area contributed by atoms with Crippen molar-refractivity contribution in [3.05, 3.63) is 35.4 Å². The lowest BCUT2D eigenvalue weighted by Crippen LogP contribution is -2.52. The van der Waals surface area contributed by atoms with E-state index in [9.17, 15) is 4.79 Å². The van der Waals surface area contributed by atoms with E-state index >= 15 is 0 Å². The standard InChI is InChI=1S/C14H16O2/c1-13-7-8-14(16-2,9-12(13)15)11-6-4-3-5-10(11)13/h3-6H,7-9H2,1-2H3. The van der Waals surface area contributed by atoms with Crippen LogP contribution in [0.2, 0.25) is 0 Å². The molecular formula is C14H16O2. The molecule has 84 valence electrons. The first-order valence-electron chi connectivity index (χ1n) is 5.81. The van der Waals surface area contributed by atoms with Crippen LogP contribution in [0, 0.1) is 0 Å². The van der Waals surface area contributed by atoms with Crippen molar-refractivity contribution in [2.45, 2.75) is 37.2 Å². The third-order valence-corrected chi connectivity index (χ3v) is 4.49. The Balaban J connectivity index is 2.30. The fourth-order valence-electron chi connectivity index (χ4n) is 3.29. The van der Waals surface area contributed by atoms with Crippen LogP contribution in [-0.4, -0.2) is 12.9 Å². The molecule has 0 radical (unpaired) electrons. The maximum atomic E-state index is 12.2. The smallest absolute Gasteiger partial charge is 0.146 e. The average molecular weight is 216 g/mol. The van der Waals surface area contributed by atoms with Gasteiger partial charge in [0.2, 0.25) is 0 Å². The van der Waals surface area contributed by atoms with Gasteiger partial charge < -0.3 is 4.74 Å². The SMILES string of the molecule is COC12CCC(C)(C(=O)C1)c1ccccc12. The van der Waals surface area contributed by atoms with E-state index in [1.54, 1.807) is 7.11 Å². The molecule has 2 nitrogen and oxygen atoms in total. The summed E-state index contributed by atoms with van der Waals surface area (Å²) in [5, 5.41) is 0. The van der Waals surface area contributed by atoms with Gasteiger partial charge >= 0.3 is 0 Å². The number of rotatable bonds is 1. The summed E-state index contributed by atoms with van der Waals surface area (Å²) in [5.41, 5.74) is 1.80. The lowest BCUT2D eigenvalue weighted by atomic mass is 9.56.